The quantitative estimate of drug-likeness (QED) is 0.277. The number of aromatic nitrogens is 2. The Kier molecular flexibility index (Phi) is 7.05. The van der Waals surface area contributed by atoms with Crippen molar-refractivity contribution in [2.45, 2.75) is 31.1 Å². The Morgan fingerprint density at radius 1 is 0.861 bits per heavy atom. The summed E-state index contributed by atoms with van der Waals surface area (Å²) >= 11 is 5.91. The highest BCUT2D eigenvalue weighted by atomic mass is 35.5. The van der Waals surface area contributed by atoms with Crippen LogP contribution in [-0.4, -0.2) is 24.2 Å². The van der Waals surface area contributed by atoms with Gasteiger partial charge in [-0.05, 0) is 60.7 Å². The van der Waals surface area contributed by atoms with Crippen LogP contribution in [0.15, 0.2) is 89.8 Å². The molecule has 0 unspecified atom stereocenters. The van der Waals surface area contributed by atoms with Crippen LogP contribution in [0.2, 0.25) is 5.02 Å². The van der Waals surface area contributed by atoms with Crippen LogP contribution < -0.4 is 15.4 Å². The molecule has 0 aliphatic carbocycles. The number of benzene rings is 3. The minimum atomic E-state index is -3.77. The lowest BCUT2D eigenvalue weighted by molar-refractivity contribution is 0.262. The molecule has 0 saturated carbocycles. The first-order chi connectivity index (χ1) is 17.0. The lowest BCUT2D eigenvalue weighted by atomic mass is 9.92. The second-order valence-corrected chi connectivity index (χ2v) is 11.2. The predicted molar refractivity (Wildman–Crippen MR) is 144 cm³/mol. The molecule has 36 heavy (non-hydrogen) atoms. The average Bonchev–Trinajstić information content (AvgIpc) is 3.25. The predicted octanol–water partition coefficient (Wildman–Crippen LogP) is 6.27. The summed E-state index contributed by atoms with van der Waals surface area (Å²) < 4.78 is 29.7. The summed E-state index contributed by atoms with van der Waals surface area (Å²) in [7, 11) is -3.77. The topological polar surface area (TPSA) is 105 Å². The lowest BCUT2D eigenvalue weighted by Gasteiger charge is -2.14. The molecular formula is C26H26ClN5O3S. The van der Waals surface area contributed by atoms with E-state index in [1.165, 1.54) is 12.1 Å². The van der Waals surface area contributed by atoms with Gasteiger partial charge in [0.2, 0.25) is 0 Å². The molecule has 0 fully saturated rings. The number of amides is 2. The first kappa shape index (κ1) is 25.3. The van der Waals surface area contributed by atoms with Gasteiger partial charge in [0, 0.05) is 27.9 Å². The number of hydrogen-bond acceptors (Lipinski definition) is 4. The molecule has 2 amide bonds. The zero-order chi connectivity index (χ0) is 25.9. The number of rotatable bonds is 6. The highest BCUT2D eigenvalue weighted by Crippen LogP contribution is 2.27. The van der Waals surface area contributed by atoms with Gasteiger partial charge in [-0.3, -0.25) is 10.0 Å². The van der Waals surface area contributed by atoms with Crippen LogP contribution in [0.25, 0.3) is 5.69 Å². The summed E-state index contributed by atoms with van der Waals surface area (Å²) in [5.41, 5.74) is 2.12. The van der Waals surface area contributed by atoms with Gasteiger partial charge in [-0.25, -0.2) is 17.9 Å². The highest BCUT2D eigenvalue weighted by Gasteiger charge is 2.22. The van der Waals surface area contributed by atoms with Gasteiger partial charge in [0.15, 0.2) is 0 Å². The first-order valence-electron chi connectivity index (χ1n) is 11.1. The normalized spacial score (nSPS) is 11.7. The van der Waals surface area contributed by atoms with Crippen molar-refractivity contribution in [3.63, 3.8) is 0 Å². The maximum absolute atomic E-state index is 12.8. The minimum absolute atomic E-state index is 0.105. The Labute approximate surface area is 215 Å². The van der Waals surface area contributed by atoms with Crippen molar-refractivity contribution < 1.29 is 13.2 Å². The van der Waals surface area contributed by atoms with Crippen molar-refractivity contribution in [1.82, 2.24) is 9.78 Å². The van der Waals surface area contributed by atoms with E-state index in [9.17, 15) is 13.2 Å². The molecule has 0 saturated heterocycles. The van der Waals surface area contributed by atoms with Crippen molar-refractivity contribution >= 4 is 44.8 Å². The Hall–Kier alpha value is -3.82. The van der Waals surface area contributed by atoms with Crippen molar-refractivity contribution in [3.05, 3.63) is 95.6 Å². The molecule has 0 aliphatic rings. The number of halogens is 1. The van der Waals surface area contributed by atoms with E-state index in [0.717, 1.165) is 5.69 Å². The van der Waals surface area contributed by atoms with Gasteiger partial charge >= 0.3 is 6.03 Å². The second kappa shape index (κ2) is 10.0. The molecule has 0 spiro atoms. The Balaban J connectivity index is 1.60. The molecule has 4 aromatic rings. The molecule has 186 valence electrons. The van der Waals surface area contributed by atoms with Crippen LogP contribution in [0.3, 0.4) is 0 Å². The van der Waals surface area contributed by atoms with E-state index in [1.807, 2.05) is 26.8 Å². The molecule has 3 N–H and O–H groups in total. The molecule has 8 nitrogen and oxygen atoms in total. The third kappa shape index (κ3) is 6.05. The smallest absolute Gasteiger partial charge is 0.308 e. The average molecular weight is 524 g/mol. The van der Waals surface area contributed by atoms with E-state index in [2.05, 4.69) is 20.5 Å². The zero-order valence-electron chi connectivity index (χ0n) is 20.0. The van der Waals surface area contributed by atoms with Crippen LogP contribution in [0, 0.1) is 0 Å². The number of hydrogen-bond donors (Lipinski definition) is 3. The molecule has 0 aliphatic heterocycles. The van der Waals surface area contributed by atoms with E-state index in [1.54, 1.807) is 71.4 Å². The summed E-state index contributed by atoms with van der Waals surface area (Å²) in [4.78, 5) is 12.8. The Bertz CT molecular complexity index is 1460. The van der Waals surface area contributed by atoms with Crippen LogP contribution in [0.4, 0.5) is 22.0 Å². The summed E-state index contributed by atoms with van der Waals surface area (Å²) in [6.07, 6.45) is 0. The highest BCUT2D eigenvalue weighted by molar-refractivity contribution is 7.92. The van der Waals surface area contributed by atoms with E-state index < -0.39 is 16.1 Å². The molecule has 0 bridgehead atoms. The summed E-state index contributed by atoms with van der Waals surface area (Å²) in [5.74, 6) is 0.435. The van der Waals surface area contributed by atoms with Crippen molar-refractivity contribution in [2.24, 2.45) is 0 Å². The van der Waals surface area contributed by atoms with Crippen LogP contribution >= 0.6 is 11.6 Å². The molecule has 0 radical (unpaired) electrons. The van der Waals surface area contributed by atoms with Crippen LogP contribution in [0.5, 0.6) is 0 Å². The first-order valence-corrected chi connectivity index (χ1v) is 13.0. The van der Waals surface area contributed by atoms with Gasteiger partial charge in [-0.15, -0.1) is 0 Å². The molecule has 4 rings (SSSR count). The number of sulfonamides is 1. The molecule has 0 atom stereocenters. The molecule has 3 aromatic carbocycles. The summed E-state index contributed by atoms with van der Waals surface area (Å²) in [6.45, 7) is 6.05. The van der Waals surface area contributed by atoms with Crippen molar-refractivity contribution in [1.29, 1.82) is 0 Å². The van der Waals surface area contributed by atoms with E-state index >= 15 is 0 Å². The largest absolute Gasteiger partial charge is 0.324 e. The fourth-order valence-corrected chi connectivity index (χ4v) is 4.52. The fourth-order valence-electron chi connectivity index (χ4n) is 3.33. The molecule has 1 aromatic heterocycles. The molecular weight excluding hydrogens is 498 g/mol. The monoisotopic (exact) mass is 523 g/mol. The zero-order valence-corrected chi connectivity index (χ0v) is 21.6. The Morgan fingerprint density at radius 3 is 2.11 bits per heavy atom. The van der Waals surface area contributed by atoms with Crippen molar-refractivity contribution in [3.8, 4) is 5.69 Å². The van der Waals surface area contributed by atoms with Gasteiger partial charge in [0.05, 0.1) is 16.3 Å². The number of para-hydroxylation sites is 1. The fraction of sp³-hybridized carbons (Fsp3) is 0.154. The van der Waals surface area contributed by atoms with Crippen LogP contribution in [0.1, 0.15) is 26.5 Å². The summed E-state index contributed by atoms with van der Waals surface area (Å²) in [6, 6.07) is 23.0. The van der Waals surface area contributed by atoms with E-state index in [-0.39, 0.29) is 10.3 Å². The standard InChI is InChI=1S/C26H26ClN5O3S/c1-26(2,3)23-17-24(29-25(33)28-19-11-9-18(27)10-12-19)32(30-23)21-13-15-22(16-14-21)36(34,35)31-20-7-5-4-6-8-20/h4-17,31H,1-3H3,(H2,28,29,33). The number of nitrogens with zero attached hydrogens (tertiary/aromatic N) is 2. The SMILES string of the molecule is CC(C)(C)c1cc(NC(=O)Nc2ccc(Cl)cc2)n(-c2ccc(S(=O)(=O)Nc3ccccc3)cc2)n1. The second-order valence-electron chi connectivity index (χ2n) is 9.13. The summed E-state index contributed by atoms with van der Waals surface area (Å²) in [5, 5.41) is 10.8. The number of nitrogens with one attached hydrogen (secondary N) is 3. The van der Waals surface area contributed by atoms with Gasteiger partial charge in [0.25, 0.3) is 10.0 Å². The van der Waals surface area contributed by atoms with E-state index in [0.29, 0.717) is 27.9 Å². The van der Waals surface area contributed by atoms with Crippen molar-refractivity contribution in [2.75, 3.05) is 15.4 Å². The Morgan fingerprint density at radius 2 is 1.50 bits per heavy atom. The van der Waals surface area contributed by atoms with Crippen LogP contribution in [-0.2, 0) is 15.4 Å². The lowest BCUT2D eigenvalue weighted by Crippen LogP contribution is -2.21. The number of urea groups is 1. The van der Waals surface area contributed by atoms with Gasteiger partial charge < -0.3 is 5.32 Å². The maximum Gasteiger partial charge on any atom is 0.324 e. The number of carbonyl (C=O) groups is 1. The van der Waals surface area contributed by atoms with E-state index in [4.69, 9.17) is 11.6 Å². The molecule has 1 heterocycles. The number of anilines is 3. The molecule has 10 heteroatoms. The third-order valence-corrected chi connectivity index (χ3v) is 6.89. The van der Waals surface area contributed by atoms with Gasteiger partial charge in [-0.1, -0.05) is 50.6 Å². The van der Waals surface area contributed by atoms with Gasteiger partial charge in [-0.2, -0.15) is 5.10 Å². The maximum atomic E-state index is 12.8. The number of carbonyl (C=O) groups excluding carboxylic acids is 1. The minimum Gasteiger partial charge on any atom is -0.308 e. The van der Waals surface area contributed by atoms with Gasteiger partial charge in [0.1, 0.15) is 5.82 Å². The third-order valence-electron chi connectivity index (χ3n) is 5.24.